The average Bonchev–Trinajstić information content (AvgIpc) is 3.36. The monoisotopic (exact) mass is 980 g/mol. The highest BCUT2D eigenvalue weighted by Gasteiger charge is 2.29. The zero-order chi connectivity index (χ0) is 51.3. The van der Waals surface area contributed by atoms with E-state index in [4.69, 9.17) is 18.9 Å². The van der Waals surface area contributed by atoms with E-state index in [1.54, 1.807) is 6.07 Å². The van der Waals surface area contributed by atoms with Gasteiger partial charge < -0.3 is 40.2 Å². The fourth-order valence-electron chi connectivity index (χ4n) is 9.38. The van der Waals surface area contributed by atoms with Gasteiger partial charge in [-0.3, -0.25) is 19.2 Å². The highest BCUT2D eigenvalue weighted by atomic mass is 16.5. The second kappa shape index (κ2) is 25.0. The van der Waals surface area contributed by atoms with Crippen molar-refractivity contribution in [1.29, 1.82) is 0 Å². The molecule has 13 heteroatoms. The van der Waals surface area contributed by atoms with Crippen LogP contribution in [0.25, 0.3) is 0 Å². The third-order valence-corrected chi connectivity index (χ3v) is 12.9. The predicted molar refractivity (Wildman–Crippen MR) is 280 cm³/mol. The summed E-state index contributed by atoms with van der Waals surface area (Å²) in [5.41, 5.74) is 9.36. The molecule has 2 unspecified atom stereocenters. The Bertz CT molecular complexity index is 2460. The van der Waals surface area contributed by atoms with Crippen LogP contribution in [-0.4, -0.2) is 67.1 Å². The summed E-state index contributed by atoms with van der Waals surface area (Å²) in [7, 11) is 0. The van der Waals surface area contributed by atoms with Crippen LogP contribution in [0.5, 0.6) is 23.0 Å². The number of hydrogen-bond acceptors (Lipinski definition) is 9. The van der Waals surface area contributed by atoms with Gasteiger partial charge in [0.05, 0.1) is 26.4 Å². The van der Waals surface area contributed by atoms with Crippen molar-refractivity contribution in [2.24, 2.45) is 11.8 Å². The summed E-state index contributed by atoms with van der Waals surface area (Å²) in [6, 6.07) is 23.7. The minimum absolute atomic E-state index is 0.0397. The van der Waals surface area contributed by atoms with Gasteiger partial charge in [0, 0.05) is 38.8 Å². The van der Waals surface area contributed by atoms with Gasteiger partial charge in [0.15, 0.2) is 0 Å². The first-order chi connectivity index (χ1) is 34.8. The number of nitrogens with zero attached hydrogens (tertiary/aromatic N) is 1. The lowest BCUT2D eigenvalue weighted by Crippen LogP contribution is -2.50. The number of pyridine rings is 1. The quantitative estimate of drug-likeness (QED) is 0.0832. The number of carbonyl (C=O) groups is 4. The number of nitrogens with one attached hydrogen (secondary N) is 4. The molecule has 3 aliphatic rings. The van der Waals surface area contributed by atoms with Crippen molar-refractivity contribution in [2.45, 2.75) is 132 Å². The molecular formula is C59H73N5O8. The molecule has 1 aliphatic carbocycles. The first kappa shape index (κ1) is 52.9. The van der Waals surface area contributed by atoms with Crippen molar-refractivity contribution in [3.8, 4) is 23.0 Å². The first-order valence-electron chi connectivity index (χ1n) is 26.0. The van der Waals surface area contributed by atoms with E-state index in [0.717, 1.165) is 104 Å². The molecule has 5 aromatic rings. The largest absolute Gasteiger partial charge is 0.493 e. The Labute approximate surface area is 425 Å². The van der Waals surface area contributed by atoms with Crippen LogP contribution in [-0.2, 0) is 48.4 Å². The van der Waals surface area contributed by atoms with Crippen LogP contribution < -0.4 is 40.2 Å². The van der Waals surface area contributed by atoms with Gasteiger partial charge in [-0.05, 0) is 130 Å². The maximum absolute atomic E-state index is 14.2. The van der Waals surface area contributed by atoms with Gasteiger partial charge in [-0.25, -0.2) is 4.98 Å². The molecule has 4 aromatic carbocycles. The number of hydrogen-bond donors (Lipinski definition) is 4. The molecule has 12 bridgehead atoms. The molecule has 0 saturated carbocycles. The number of ether oxygens (including phenoxy) is 4. The van der Waals surface area contributed by atoms with Crippen molar-refractivity contribution >= 4 is 23.6 Å². The highest BCUT2D eigenvalue weighted by Crippen LogP contribution is 2.40. The molecule has 0 fully saturated rings. The zero-order valence-electron chi connectivity index (χ0n) is 43.4. The van der Waals surface area contributed by atoms with E-state index >= 15 is 0 Å². The number of benzene rings is 4. The fourth-order valence-corrected chi connectivity index (χ4v) is 9.38. The Morgan fingerprint density at radius 2 is 0.750 bits per heavy atom. The third-order valence-electron chi connectivity index (χ3n) is 12.9. The Balaban J connectivity index is 1.49. The van der Waals surface area contributed by atoms with Crippen LogP contribution in [0.4, 0.5) is 0 Å². The van der Waals surface area contributed by atoms with Crippen LogP contribution >= 0.6 is 0 Å². The van der Waals surface area contributed by atoms with Gasteiger partial charge in [0.1, 0.15) is 46.5 Å². The Morgan fingerprint density at radius 3 is 1.04 bits per heavy atom. The van der Waals surface area contributed by atoms with Crippen molar-refractivity contribution in [2.75, 3.05) is 26.4 Å². The summed E-state index contributed by atoms with van der Waals surface area (Å²) in [5, 5.41) is 12.0. The molecule has 0 saturated heterocycles. The molecule has 2 aliphatic heterocycles. The summed E-state index contributed by atoms with van der Waals surface area (Å²) >= 11 is 0. The van der Waals surface area contributed by atoms with E-state index in [0.29, 0.717) is 52.1 Å². The molecule has 0 radical (unpaired) electrons. The lowest BCUT2D eigenvalue weighted by molar-refractivity contribution is -0.124. The lowest BCUT2D eigenvalue weighted by atomic mass is 9.89. The standard InChI is InChI=1S/C59H73N5O8/c1-9-22-69-52-40-16-13-17-41(52)31-45-27-39-29-47(55(45)72-25-12-4)33-43-19-14-18-42(53(43)70-23-10-2)32-46-28-38(26-44(30-40)54(46)71-24-11-3)34-60-58(67)50(36(5)6)63-56(65)48-20-15-21-49(62-48)57(66)64-51(37(7)8)59(68)61-35-39/h13-21,26-29,36-37,50-51H,9-12,22-25,30-35H2,1-8H3,(H,60,67)(H,61,68)(H,63,65)(H,64,66). The van der Waals surface area contributed by atoms with Gasteiger partial charge in [0.2, 0.25) is 11.8 Å². The normalized spacial score (nSPS) is 16.4. The predicted octanol–water partition coefficient (Wildman–Crippen LogP) is 9.37. The minimum Gasteiger partial charge on any atom is -0.493 e. The van der Waals surface area contributed by atoms with Gasteiger partial charge in [-0.1, -0.05) is 97.9 Å². The Morgan fingerprint density at radius 1 is 0.458 bits per heavy atom. The molecule has 0 spiro atoms. The second-order valence-electron chi connectivity index (χ2n) is 19.6. The molecular weight excluding hydrogens is 907 g/mol. The number of carbonyl (C=O) groups excluding carboxylic acids is 4. The van der Waals surface area contributed by atoms with E-state index < -0.39 is 23.9 Å². The molecule has 8 rings (SSSR count). The molecule has 3 heterocycles. The van der Waals surface area contributed by atoms with E-state index in [1.165, 1.54) is 12.1 Å². The number of rotatable bonds is 14. The van der Waals surface area contributed by atoms with Crippen LogP contribution in [0, 0.1) is 11.8 Å². The lowest BCUT2D eigenvalue weighted by Gasteiger charge is -2.25. The Kier molecular flexibility index (Phi) is 18.4. The molecule has 1 aromatic heterocycles. The van der Waals surface area contributed by atoms with Gasteiger partial charge in [-0.15, -0.1) is 0 Å². The van der Waals surface area contributed by atoms with Crippen LogP contribution in [0.1, 0.15) is 158 Å². The Hall–Kier alpha value is -6.89. The molecule has 13 nitrogen and oxygen atoms in total. The van der Waals surface area contributed by atoms with Crippen LogP contribution in [0.15, 0.2) is 78.9 Å². The summed E-state index contributed by atoms with van der Waals surface area (Å²) in [4.78, 5) is 60.6. The smallest absolute Gasteiger partial charge is 0.270 e. The molecule has 72 heavy (non-hydrogen) atoms. The van der Waals surface area contributed by atoms with Crippen LogP contribution in [0.2, 0.25) is 0 Å². The van der Waals surface area contributed by atoms with Gasteiger partial charge >= 0.3 is 0 Å². The SMILES string of the molecule is CCCOc1c2cccc1Cc1cc3cc(c1OCCC)Cc1cccc(c1OCCC)Cc1cc(cc(c1OCCC)C2)CNC(=O)C(C(C)C)NC(=O)c1cccc(n1)C(=O)NC(C(C)C)C(=O)NC3. The van der Waals surface area contributed by atoms with Crippen molar-refractivity contribution in [3.05, 3.63) is 146 Å². The van der Waals surface area contributed by atoms with Crippen molar-refractivity contribution in [1.82, 2.24) is 26.3 Å². The van der Waals surface area contributed by atoms with Gasteiger partial charge in [-0.2, -0.15) is 0 Å². The summed E-state index contributed by atoms with van der Waals surface area (Å²) in [5.74, 6) is 0.587. The zero-order valence-corrected chi connectivity index (χ0v) is 43.4. The molecule has 382 valence electrons. The average molecular weight is 980 g/mol. The van der Waals surface area contributed by atoms with E-state index in [1.807, 2.05) is 27.7 Å². The van der Waals surface area contributed by atoms with Crippen LogP contribution in [0.3, 0.4) is 0 Å². The third kappa shape index (κ3) is 13.0. The van der Waals surface area contributed by atoms with E-state index in [2.05, 4.69) is 115 Å². The second-order valence-corrected chi connectivity index (χ2v) is 19.6. The number of aromatic nitrogens is 1. The summed E-state index contributed by atoms with van der Waals surface area (Å²) < 4.78 is 27.1. The van der Waals surface area contributed by atoms with Crippen molar-refractivity contribution < 1.29 is 38.1 Å². The maximum atomic E-state index is 14.2. The minimum atomic E-state index is -0.931. The van der Waals surface area contributed by atoms with Crippen molar-refractivity contribution in [3.63, 3.8) is 0 Å². The highest BCUT2D eigenvalue weighted by molar-refractivity contribution is 5.99. The number of fused-ring (bicyclic) bond motifs is 10. The number of para-hydroxylation sites is 2. The van der Waals surface area contributed by atoms with E-state index in [-0.39, 0.29) is 48.1 Å². The molecule has 4 N–H and O–H groups in total. The topological polar surface area (TPSA) is 166 Å². The van der Waals surface area contributed by atoms with E-state index in [9.17, 15) is 19.2 Å². The summed E-state index contributed by atoms with van der Waals surface area (Å²) in [6.07, 6.45) is 5.11. The fraction of sp³-hybridized carbons (Fsp3) is 0.441. The first-order valence-corrected chi connectivity index (χ1v) is 26.0. The molecule has 4 amide bonds. The number of amides is 4. The summed E-state index contributed by atoms with van der Waals surface area (Å²) in [6.45, 7) is 18.2. The van der Waals surface area contributed by atoms with Gasteiger partial charge in [0.25, 0.3) is 11.8 Å². The molecule has 2 atom stereocenters. The maximum Gasteiger partial charge on any atom is 0.270 e.